The molecule has 0 aliphatic carbocycles. The van der Waals surface area contributed by atoms with E-state index in [1.807, 2.05) is 19.0 Å². The van der Waals surface area contributed by atoms with Crippen LogP contribution in [-0.4, -0.2) is 57.0 Å². The smallest absolute Gasteiger partial charge is 0.420 e. The quantitative estimate of drug-likeness (QED) is 0.536. The van der Waals surface area contributed by atoms with E-state index in [-0.39, 0.29) is 26.5 Å². The Kier molecular flexibility index (Phi) is 6.29. The van der Waals surface area contributed by atoms with E-state index in [2.05, 4.69) is 9.82 Å². The molecule has 34 heavy (non-hydrogen) atoms. The molecule has 0 saturated heterocycles. The van der Waals surface area contributed by atoms with Gasteiger partial charge in [0.15, 0.2) is 0 Å². The van der Waals surface area contributed by atoms with E-state index < -0.39 is 21.8 Å². The van der Waals surface area contributed by atoms with Crippen LogP contribution >= 0.6 is 11.3 Å². The summed E-state index contributed by atoms with van der Waals surface area (Å²) in [6.07, 6.45) is -3.15. The molecular weight excluding hydrogens is 493 g/mol. The molecule has 1 aliphatic heterocycles. The lowest BCUT2D eigenvalue weighted by molar-refractivity contribution is -0.137. The Morgan fingerprint density at radius 2 is 2.00 bits per heavy atom. The highest BCUT2D eigenvalue weighted by Crippen LogP contribution is 2.42. The van der Waals surface area contributed by atoms with Gasteiger partial charge < -0.3 is 14.4 Å². The number of nitrogens with zero attached hydrogens (tertiary/aromatic N) is 3. The van der Waals surface area contributed by atoms with Crippen LogP contribution in [0, 0.1) is 0 Å². The zero-order chi connectivity index (χ0) is 24.8. The second-order valence-corrected chi connectivity index (χ2v) is 11.0. The number of hydrogen-bond donors (Lipinski definition) is 1. The molecule has 3 aromatic rings. The lowest BCUT2D eigenvalue weighted by Gasteiger charge is -2.32. The Hall–Kier alpha value is -2.77. The van der Waals surface area contributed by atoms with E-state index >= 15 is 0 Å². The Balaban J connectivity index is 1.66. The number of likely N-dealkylation sites (N-methyl/N-ethyl adjacent to an activating group) is 1. The van der Waals surface area contributed by atoms with Gasteiger partial charge in [-0.3, -0.25) is 9.40 Å². The third kappa shape index (κ3) is 4.59. The average Bonchev–Trinajstić information content (AvgIpc) is 3.40. The van der Waals surface area contributed by atoms with Crippen molar-refractivity contribution in [3.63, 3.8) is 0 Å². The van der Waals surface area contributed by atoms with Crippen LogP contribution in [-0.2, 0) is 29.7 Å². The number of methoxy groups -OCH3 is 1. The first kappa shape index (κ1) is 24.4. The maximum Gasteiger partial charge on any atom is 0.420 e. The Morgan fingerprint density at radius 3 is 2.65 bits per heavy atom. The third-order valence-corrected chi connectivity index (χ3v) is 8.43. The van der Waals surface area contributed by atoms with Crippen molar-refractivity contribution in [3.8, 4) is 22.1 Å². The Morgan fingerprint density at radius 1 is 1.26 bits per heavy atom. The van der Waals surface area contributed by atoms with Crippen molar-refractivity contribution >= 4 is 27.0 Å². The summed E-state index contributed by atoms with van der Waals surface area (Å²) in [7, 11) is 2.65. The third-order valence-electron chi connectivity index (χ3n) is 5.49. The molecule has 1 N–H and O–H groups in total. The number of anilines is 1. The van der Waals surface area contributed by atoms with Gasteiger partial charge in [-0.25, -0.2) is 8.42 Å². The number of fused-ring (bicyclic) bond motifs is 1. The molecule has 1 atom stereocenters. The number of benzene rings is 1. The number of nitrogens with one attached hydrogen (secondary N) is 1. The van der Waals surface area contributed by atoms with Crippen LogP contribution in [0.1, 0.15) is 11.1 Å². The van der Waals surface area contributed by atoms with Crippen LogP contribution < -0.4 is 14.2 Å². The first-order valence-corrected chi connectivity index (χ1v) is 12.4. The Bertz CT molecular complexity index is 1320. The summed E-state index contributed by atoms with van der Waals surface area (Å²) in [6, 6.07) is 5.87. The summed E-state index contributed by atoms with van der Waals surface area (Å²) in [4.78, 5) is 2.11. The largest absolute Gasteiger partial charge is 0.496 e. The summed E-state index contributed by atoms with van der Waals surface area (Å²) in [5.41, 5.74) is -0.275. The molecule has 1 aromatic carbocycles. The molecule has 13 heteroatoms. The molecule has 0 amide bonds. The van der Waals surface area contributed by atoms with Gasteiger partial charge in [-0.05, 0) is 44.8 Å². The van der Waals surface area contributed by atoms with E-state index in [0.717, 1.165) is 16.4 Å². The van der Waals surface area contributed by atoms with Gasteiger partial charge in [-0.1, -0.05) is 0 Å². The molecule has 0 saturated carbocycles. The van der Waals surface area contributed by atoms with Crippen LogP contribution in [0.5, 0.6) is 11.5 Å². The normalized spacial score (nSPS) is 16.3. The maximum absolute atomic E-state index is 13.4. The highest BCUT2D eigenvalue weighted by atomic mass is 32.2. The molecule has 0 bridgehead atoms. The zero-order valence-electron chi connectivity index (χ0n) is 18.8. The van der Waals surface area contributed by atoms with Crippen molar-refractivity contribution in [1.82, 2.24) is 14.7 Å². The van der Waals surface area contributed by atoms with Gasteiger partial charge in [-0.2, -0.15) is 18.3 Å². The summed E-state index contributed by atoms with van der Waals surface area (Å²) in [6.45, 7) is 0.366. The summed E-state index contributed by atoms with van der Waals surface area (Å²) in [5.74, 6) is 0.958. The van der Waals surface area contributed by atoms with Crippen LogP contribution in [0.3, 0.4) is 0 Å². The molecule has 184 valence electrons. The van der Waals surface area contributed by atoms with Crippen LogP contribution in [0.2, 0.25) is 0 Å². The number of alkyl halides is 3. The fraction of sp³-hybridized carbons (Fsp3) is 0.381. The lowest BCUT2D eigenvalue weighted by Crippen LogP contribution is -2.38. The monoisotopic (exact) mass is 516 g/mol. The zero-order valence-corrected chi connectivity index (χ0v) is 20.4. The van der Waals surface area contributed by atoms with E-state index in [1.54, 1.807) is 12.1 Å². The van der Waals surface area contributed by atoms with Crippen LogP contribution in [0.25, 0.3) is 10.6 Å². The summed E-state index contributed by atoms with van der Waals surface area (Å²) in [5, 5.41) is 3.88. The minimum atomic E-state index is -4.62. The second kappa shape index (κ2) is 8.78. The van der Waals surface area contributed by atoms with E-state index in [9.17, 15) is 21.6 Å². The summed E-state index contributed by atoms with van der Waals surface area (Å²) >= 11 is 0.707. The minimum absolute atomic E-state index is 0.0920. The van der Waals surface area contributed by atoms with Crippen LogP contribution in [0.4, 0.5) is 18.9 Å². The average molecular weight is 517 g/mol. The highest BCUT2D eigenvalue weighted by molar-refractivity contribution is 7.94. The molecule has 2 aromatic heterocycles. The predicted molar refractivity (Wildman–Crippen MR) is 122 cm³/mol. The second-order valence-electron chi connectivity index (χ2n) is 8.04. The minimum Gasteiger partial charge on any atom is -0.496 e. The van der Waals surface area contributed by atoms with Crippen molar-refractivity contribution < 1.29 is 31.1 Å². The molecule has 1 aliphatic rings. The first-order valence-electron chi connectivity index (χ1n) is 10.1. The fourth-order valence-corrected chi connectivity index (χ4v) is 6.08. The van der Waals surface area contributed by atoms with Gasteiger partial charge in [0.1, 0.15) is 33.6 Å². The Labute approximate surface area is 199 Å². The lowest BCUT2D eigenvalue weighted by atomic mass is 10.00. The molecule has 3 heterocycles. The van der Waals surface area contributed by atoms with Crippen molar-refractivity contribution in [3.05, 3.63) is 41.6 Å². The van der Waals surface area contributed by atoms with Crippen molar-refractivity contribution in [2.75, 3.05) is 32.5 Å². The van der Waals surface area contributed by atoms with Gasteiger partial charge in [0.05, 0.1) is 17.7 Å². The predicted octanol–water partition coefficient (Wildman–Crippen LogP) is 3.84. The first-order chi connectivity index (χ1) is 15.9. The maximum atomic E-state index is 13.4. The molecular formula is C21H23F3N4O4S2. The van der Waals surface area contributed by atoms with Gasteiger partial charge >= 0.3 is 6.18 Å². The number of halogens is 3. The van der Waals surface area contributed by atoms with Crippen LogP contribution in [0.15, 0.2) is 34.7 Å². The molecule has 0 spiro atoms. The molecule has 0 fully saturated rings. The number of aryl methyl sites for hydroxylation is 1. The standard InChI is InChI=1S/C21H23F3N4O4S2/c1-27(2)12-9-13-16(31-4)6-5-15(20(13)32-11-12)26-34(29,30)18-8-7-17(33-18)19-14(21(22,23)24)10-28(3)25-19/h5-8,10,12,26H,9,11H2,1-4H3/t12-/m1/s1. The number of hydrogen-bond acceptors (Lipinski definition) is 7. The number of thiophene rings is 1. The molecule has 0 radical (unpaired) electrons. The highest BCUT2D eigenvalue weighted by Gasteiger charge is 2.37. The van der Waals surface area contributed by atoms with Crippen molar-refractivity contribution in [2.24, 2.45) is 7.05 Å². The van der Waals surface area contributed by atoms with E-state index in [4.69, 9.17) is 9.47 Å². The van der Waals surface area contributed by atoms with Crippen molar-refractivity contribution in [2.45, 2.75) is 22.8 Å². The number of sulfonamides is 1. The molecule has 8 nitrogen and oxygen atoms in total. The number of ether oxygens (including phenoxy) is 2. The number of rotatable bonds is 6. The van der Waals surface area contributed by atoms with Gasteiger partial charge in [0.25, 0.3) is 10.0 Å². The fourth-order valence-electron chi connectivity index (χ4n) is 3.71. The van der Waals surface area contributed by atoms with Gasteiger partial charge in [0.2, 0.25) is 0 Å². The van der Waals surface area contributed by atoms with Gasteiger partial charge in [-0.15, -0.1) is 11.3 Å². The van der Waals surface area contributed by atoms with E-state index in [0.29, 0.717) is 35.9 Å². The topological polar surface area (TPSA) is 85.7 Å². The SMILES string of the molecule is COc1ccc(NS(=O)(=O)c2ccc(-c3nn(C)cc3C(F)(F)F)s2)c2c1C[C@@H](N(C)C)CO2. The van der Waals surface area contributed by atoms with Gasteiger partial charge in [0, 0.05) is 24.8 Å². The molecule has 4 rings (SSSR count). The number of aromatic nitrogens is 2. The van der Waals surface area contributed by atoms with E-state index in [1.165, 1.54) is 26.3 Å². The van der Waals surface area contributed by atoms with Crippen molar-refractivity contribution in [1.29, 1.82) is 0 Å². The molecule has 0 unspecified atom stereocenters. The summed E-state index contributed by atoms with van der Waals surface area (Å²) < 4.78 is 81.1.